The van der Waals surface area contributed by atoms with Gasteiger partial charge in [-0.05, 0) is 51.4 Å². The SMILES string of the molecule is CCC/C=C\C/C=C\CCCCCCCC(=O)OCCCCCCCCCCCCCCCCCCCCCCCCCCCCCC(=O)NC(CO)C(O)CCCCCCCCCCCCCCCCCCCCCC. The summed E-state index contributed by atoms with van der Waals surface area (Å²) in [5.74, 6) is -0.0247. The predicted molar refractivity (Wildman–Crippen MR) is 338 cm³/mol. The highest BCUT2D eigenvalue weighted by atomic mass is 16.5. The molecule has 0 aromatic rings. The van der Waals surface area contributed by atoms with Crippen molar-refractivity contribution in [1.29, 1.82) is 0 Å². The molecule has 0 aliphatic rings. The van der Waals surface area contributed by atoms with Crippen molar-refractivity contribution in [3.05, 3.63) is 24.3 Å². The van der Waals surface area contributed by atoms with Gasteiger partial charge in [-0.1, -0.05) is 353 Å². The Morgan fingerprint density at radius 3 is 1.04 bits per heavy atom. The second-order valence-corrected chi connectivity index (χ2v) is 24.2. The second-order valence-electron chi connectivity index (χ2n) is 24.2. The molecule has 0 aromatic heterocycles. The van der Waals surface area contributed by atoms with E-state index in [9.17, 15) is 19.8 Å². The number of ether oxygens (including phenoxy) is 1. The van der Waals surface area contributed by atoms with Crippen LogP contribution >= 0.6 is 0 Å². The number of unbranched alkanes of at least 4 members (excludes halogenated alkanes) is 51. The van der Waals surface area contributed by atoms with E-state index in [0.29, 0.717) is 25.9 Å². The van der Waals surface area contributed by atoms with E-state index in [4.69, 9.17) is 4.74 Å². The largest absolute Gasteiger partial charge is 0.466 e. The summed E-state index contributed by atoms with van der Waals surface area (Å²) in [6, 6.07) is -0.540. The van der Waals surface area contributed by atoms with Gasteiger partial charge in [-0.3, -0.25) is 9.59 Å². The zero-order chi connectivity index (χ0) is 55.7. The lowest BCUT2D eigenvalue weighted by Crippen LogP contribution is -2.45. The van der Waals surface area contributed by atoms with Gasteiger partial charge in [-0.25, -0.2) is 0 Å². The number of carbonyl (C=O) groups excluding carboxylic acids is 2. The van der Waals surface area contributed by atoms with Crippen LogP contribution in [0.15, 0.2) is 24.3 Å². The highest BCUT2D eigenvalue weighted by molar-refractivity contribution is 5.76. The monoisotopic (exact) mass is 1080 g/mol. The minimum absolute atomic E-state index is 0.00335. The third-order valence-corrected chi connectivity index (χ3v) is 16.5. The molecular weight excluding hydrogens is 947 g/mol. The Labute approximate surface area is 481 Å². The Morgan fingerprint density at radius 1 is 0.364 bits per heavy atom. The summed E-state index contributed by atoms with van der Waals surface area (Å²) in [4.78, 5) is 24.6. The molecule has 0 aliphatic carbocycles. The lowest BCUT2D eigenvalue weighted by molar-refractivity contribution is -0.143. The number of rotatable bonds is 66. The summed E-state index contributed by atoms with van der Waals surface area (Å²) in [6.45, 7) is 4.92. The van der Waals surface area contributed by atoms with Gasteiger partial charge < -0.3 is 20.3 Å². The van der Waals surface area contributed by atoms with Gasteiger partial charge in [0, 0.05) is 12.8 Å². The number of amides is 1. The summed E-state index contributed by atoms with van der Waals surface area (Å²) >= 11 is 0. The van der Waals surface area contributed by atoms with Gasteiger partial charge in [0.2, 0.25) is 5.91 Å². The van der Waals surface area contributed by atoms with Crippen LogP contribution in [-0.4, -0.2) is 47.4 Å². The maximum Gasteiger partial charge on any atom is 0.305 e. The lowest BCUT2D eigenvalue weighted by Gasteiger charge is -2.22. The summed E-state index contributed by atoms with van der Waals surface area (Å²) in [5.41, 5.74) is 0. The molecular formula is C71H137NO5. The molecule has 77 heavy (non-hydrogen) atoms. The Hall–Kier alpha value is -1.66. The van der Waals surface area contributed by atoms with Crippen LogP contribution in [0.2, 0.25) is 0 Å². The number of hydrogen-bond donors (Lipinski definition) is 3. The molecule has 6 heteroatoms. The maximum absolute atomic E-state index is 12.5. The van der Waals surface area contributed by atoms with E-state index < -0.39 is 12.1 Å². The van der Waals surface area contributed by atoms with Crippen molar-refractivity contribution >= 4 is 11.9 Å². The molecule has 0 fully saturated rings. The highest BCUT2D eigenvalue weighted by Gasteiger charge is 2.20. The zero-order valence-corrected chi connectivity index (χ0v) is 52.2. The Balaban J connectivity index is 3.35. The number of esters is 1. The molecule has 0 saturated heterocycles. The molecule has 0 aromatic carbocycles. The first-order valence-electron chi connectivity index (χ1n) is 35.1. The molecule has 6 nitrogen and oxygen atoms in total. The normalized spacial score (nSPS) is 12.6. The summed E-state index contributed by atoms with van der Waals surface area (Å²) in [5, 5.41) is 23.4. The van der Waals surface area contributed by atoms with Gasteiger partial charge in [0.25, 0.3) is 0 Å². The van der Waals surface area contributed by atoms with E-state index in [1.54, 1.807) is 0 Å². The number of aliphatic hydroxyl groups excluding tert-OH is 2. The van der Waals surface area contributed by atoms with Gasteiger partial charge >= 0.3 is 5.97 Å². The average Bonchev–Trinajstić information content (AvgIpc) is 3.43. The maximum atomic E-state index is 12.5. The van der Waals surface area contributed by atoms with Crippen LogP contribution in [0.3, 0.4) is 0 Å². The second kappa shape index (κ2) is 66.8. The Bertz CT molecular complexity index is 1200. The number of aliphatic hydroxyl groups is 2. The first-order valence-corrected chi connectivity index (χ1v) is 35.1. The van der Waals surface area contributed by atoms with Crippen molar-refractivity contribution in [3.63, 3.8) is 0 Å². The Morgan fingerprint density at radius 2 is 0.675 bits per heavy atom. The molecule has 0 heterocycles. The topological polar surface area (TPSA) is 95.9 Å². The van der Waals surface area contributed by atoms with Gasteiger partial charge in [-0.15, -0.1) is 0 Å². The quantitative estimate of drug-likeness (QED) is 0.0320. The van der Waals surface area contributed by atoms with Crippen LogP contribution in [0.1, 0.15) is 393 Å². The van der Waals surface area contributed by atoms with Crippen LogP contribution in [0.4, 0.5) is 0 Å². The molecule has 0 aliphatic heterocycles. The van der Waals surface area contributed by atoms with Crippen molar-refractivity contribution in [2.24, 2.45) is 0 Å². The van der Waals surface area contributed by atoms with Crippen LogP contribution < -0.4 is 5.32 Å². The summed E-state index contributed by atoms with van der Waals surface area (Å²) in [7, 11) is 0. The van der Waals surface area contributed by atoms with E-state index in [1.807, 2.05) is 0 Å². The third-order valence-electron chi connectivity index (χ3n) is 16.5. The molecule has 0 rings (SSSR count). The van der Waals surface area contributed by atoms with Crippen molar-refractivity contribution in [2.45, 2.75) is 405 Å². The van der Waals surface area contributed by atoms with Crippen LogP contribution in [0.5, 0.6) is 0 Å². The summed E-state index contributed by atoms with van der Waals surface area (Å²) < 4.78 is 5.48. The molecule has 0 bridgehead atoms. The fourth-order valence-corrected chi connectivity index (χ4v) is 11.2. The Kier molecular flexibility index (Phi) is 65.4. The molecule has 0 radical (unpaired) electrons. The first-order chi connectivity index (χ1) is 38.0. The third kappa shape index (κ3) is 63.4. The fourth-order valence-electron chi connectivity index (χ4n) is 11.2. The van der Waals surface area contributed by atoms with Crippen molar-refractivity contribution in [2.75, 3.05) is 13.2 Å². The minimum atomic E-state index is -0.663. The number of allylic oxidation sites excluding steroid dienone is 4. The van der Waals surface area contributed by atoms with Crippen LogP contribution in [0, 0.1) is 0 Å². The van der Waals surface area contributed by atoms with E-state index in [2.05, 4.69) is 43.5 Å². The number of hydrogen-bond acceptors (Lipinski definition) is 5. The van der Waals surface area contributed by atoms with Crippen molar-refractivity contribution < 1.29 is 24.5 Å². The average molecular weight is 1080 g/mol. The lowest BCUT2D eigenvalue weighted by atomic mass is 10.0. The van der Waals surface area contributed by atoms with Crippen LogP contribution in [0.25, 0.3) is 0 Å². The van der Waals surface area contributed by atoms with Crippen molar-refractivity contribution in [3.8, 4) is 0 Å². The minimum Gasteiger partial charge on any atom is -0.466 e. The standard InChI is InChI=1S/C71H137NO5/c1-3-5-7-9-11-13-15-17-18-19-20-30-33-36-40-43-47-51-55-59-63-69(74)68(67-73)72-70(75)64-60-56-52-48-44-41-37-34-31-28-26-24-22-21-23-25-27-29-32-35-38-42-46-50-54-58-62-66-77-71(76)65-61-57-53-49-45-39-16-14-12-10-8-6-4-2/h8,10,14,16,68-69,73-74H,3-7,9,11-13,15,17-67H2,1-2H3,(H,72,75)/b10-8-,16-14-. The molecule has 1 amide bonds. The smallest absolute Gasteiger partial charge is 0.305 e. The van der Waals surface area contributed by atoms with Gasteiger partial charge in [0.1, 0.15) is 0 Å². The summed E-state index contributed by atoms with van der Waals surface area (Å²) in [6.07, 6.45) is 83.7. The fraction of sp³-hybridized carbons (Fsp3) is 0.915. The van der Waals surface area contributed by atoms with Crippen LogP contribution in [-0.2, 0) is 14.3 Å². The predicted octanol–water partition coefficient (Wildman–Crippen LogP) is 22.5. The van der Waals surface area contributed by atoms with E-state index in [0.717, 1.165) is 51.4 Å². The van der Waals surface area contributed by atoms with E-state index >= 15 is 0 Å². The number of carbonyl (C=O) groups is 2. The molecule has 2 atom stereocenters. The highest BCUT2D eigenvalue weighted by Crippen LogP contribution is 2.19. The van der Waals surface area contributed by atoms with Crippen molar-refractivity contribution in [1.82, 2.24) is 5.32 Å². The number of nitrogens with one attached hydrogen (secondary N) is 1. The molecule has 3 N–H and O–H groups in total. The van der Waals surface area contributed by atoms with E-state index in [-0.39, 0.29) is 18.5 Å². The van der Waals surface area contributed by atoms with Gasteiger partial charge in [-0.2, -0.15) is 0 Å². The molecule has 0 spiro atoms. The molecule has 2 unspecified atom stereocenters. The van der Waals surface area contributed by atoms with Gasteiger partial charge in [0.15, 0.2) is 0 Å². The van der Waals surface area contributed by atoms with Gasteiger partial charge in [0.05, 0.1) is 25.4 Å². The zero-order valence-electron chi connectivity index (χ0n) is 52.2. The molecule has 0 saturated carbocycles. The molecule has 456 valence electrons. The van der Waals surface area contributed by atoms with E-state index in [1.165, 1.54) is 308 Å². The first kappa shape index (κ1) is 75.3.